The Morgan fingerprint density at radius 2 is 2.17 bits per heavy atom. The number of fused-ring (bicyclic) bond motifs is 1. The zero-order valence-corrected chi connectivity index (χ0v) is 12.7. The van der Waals surface area contributed by atoms with Crippen molar-refractivity contribution in [2.75, 3.05) is 13.7 Å². The van der Waals surface area contributed by atoms with Crippen molar-refractivity contribution in [1.29, 1.82) is 0 Å². The topological polar surface area (TPSA) is 84.9 Å². The van der Waals surface area contributed by atoms with Crippen LogP contribution in [-0.4, -0.2) is 36.7 Å². The van der Waals surface area contributed by atoms with E-state index in [1.807, 2.05) is 18.2 Å². The van der Waals surface area contributed by atoms with Crippen LogP contribution in [0, 0.1) is 0 Å². The Balaban J connectivity index is 1.91. The van der Waals surface area contributed by atoms with Gasteiger partial charge in [0.1, 0.15) is 23.7 Å². The molecule has 2 N–H and O–H groups in total. The molecule has 1 fully saturated rings. The van der Waals surface area contributed by atoms with Gasteiger partial charge in [-0.1, -0.05) is 12.1 Å². The number of carboxylic acids is 1. The number of carbonyl (C=O) groups excluding carboxylic acids is 1. The van der Waals surface area contributed by atoms with E-state index in [4.69, 9.17) is 9.47 Å². The number of ether oxygens (including phenoxy) is 2. The molecule has 1 heterocycles. The molecule has 0 radical (unpaired) electrons. The average molecular weight is 315 g/mol. The first-order valence-electron chi connectivity index (χ1n) is 7.34. The monoisotopic (exact) mass is 315 g/mol. The lowest BCUT2D eigenvalue weighted by atomic mass is 10.0. The first-order valence-corrected chi connectivity index (χ1v) is 7.34. The van der Waals surface area contributed by atoms with E-state index in [9.17, 15) is 14.7 Å². The highest BCUT2D eigenvalue weighted by atomic mass is 16.5. The second-order valence-corrected chi connectivity index (χ2v) is 5.45. The van der Waals surface area contributed by atoms with Crippen molar-refractivity contribution in [2.24, 2.45) is 0 Å². The molecule has 0 saturated carbocycles. The molecule has 23 heavy (non-hydrogen) atoms. The molecule has 0 unspecified atom stereocenters. The van der Waals surface area contributed by atoms with Crippen molar-refractivity contribution in [1.82, 2.24) is 5.32 Å². The Hall–Kier alpha value is -2.76. The first kappa shape index (κ1) is 15.1. The van der Waals surface area contributed by atoms with E-state index in [0.717, 1.165) is 17.2 Å². The van der Waals surface area contributed by atoms with E-state index < -0.39 is 5.97 Å². The third kappa shape index (κ3) is 3.06. The maximum Gasteiger partial charge on any atom is 0.339 e. The average Bonchev–Trinajstić information content (AvgIpc) is 2.96. The molecule has 0 bridgehead atoms. The fraction of sp³-hybridized carbons (Fsp3) is 0.294. The fourth-order valence-electron chi connectivity index (χ4n) is 2.73. The maximum atomic E-state index is 11.3. The molecular formula is C17H17NO5. The van der Waals surface area contributed by atoms with Gasteiger partial charge in [-0.15, -0.1) is 0 Å². The van der Waals surface area contributed by atoms with Crippen molar-refractivity contribution in [3.8, 4) is 11.5 Å². The van der Waals surface area contributed by atoms with Crippen LogP contribution in [0.3, 0.4) is 0 Å². The number of carboxylic acid groups (broad SMARTS) is 1. The minimum Gasteiger partial charge on any atom is -0.496 e. The summed E-state index contributed by atoms with van der Waals surface area (Å²) < 4.78 is 11.0. The number of nitrogens with one attached hydrogen (secondary N) is 1. The van der Waals surface area contributed by atoms with Gasteiger partial charge < -0.3 is 19.9 Å². The van der Waals surface area contributed by atoms with Gasteiger partial charge in [-0.2, -0.15) is 0 Å². The van der Waals surface area contributed by atoms with E-state index in [-0.39, 0.29) is 23.3 Å². The van der Waals surface area contributed by atoms with Crippen LogP contribution < -0.4 is 14.8 Å². The van der Waals surface area contributed by atoms with Crippen LogP contribution in [-0.2, 0) is 4.79 Å². The van der Waals surface area contributed by atoms with Gasteiger partial charge in [-0.05, 0) is 30.0 Å². The largest absolute Gasteiger partial charge is 0.496 e. The predicted molar refractivity (Wildman–Crippen MR) is 84.1 cm³/mol. The normalized spacial score (nSPS) is 17.1. The summed E-state index contributed by atoms with van der Waals surface area (Å²) in [6, 6.07) is 8.70. The number of benzene rings is 2. The third-order valence-corrected chi connectivity index (χ3v) is 3.92. The van der Waals surface area contributed by atoms with E-state index >= 15 is 0 Å². The number of hydrogen-bond donors (Lipinski definition) is 2. The molecule has 6 nitrogen and oxygen atoms in total. The van der Waals surface area contributed by atoms with Crippen LogP contribution >= 0.6 is 0 Å². The van der Waals surface area contributed by atoms with Crippen molar-refractivity contribution < 1.29 is 24.2 Å². The highest BCUT2D eigenvalue weighted by molar-refractivity contribution is 5.99. The van der Waals surface area contributed by atoms with Gasteiger partial charge >= 0.3 is 5.97 Å². The van der Waals surface area contributed by atoms with Gasteiger partial charge in [0.15, 0.2) is 0 Å². The minimum atomic E-state index is -1.04. The minimum absolute atomic E-state index is 0.0120. The van der Waals surface area contributed by atoms with E-state index in [1.165, 1.54) is 7.11 Å². The molecule has 2 aromatic carbocycles. The molecule has 1 aliphatic heterocycles. The summed E-state index contributed by atoms with van der Waals surface area (Å²) in [7, 11) is 1.44. The second kappa shape index (κ2) is 6.16. The standard InChI is InChI=1S/C17H17NO5/c1-22-15-8-12-10(7-13(15)17(20)21)3-2-4-14(12)23-9-11-5-6-16(19)18-11/h2-4,7-8,11H,5-6,9H2,1H3,(H,18,19)(H,20,21)/t11-/m0/s1. The van der Waals surface area contributed by atoms with Crippen LogP contribution in [0.15, 0.2) is 30.3 Å². The highest BCUT2D eigenvalue weighted by Crippen LogP contribution is 2.32. The second-order valence-electron chi connectivity index (χ2n) is 5.45. The summed E-state index contributed by atoms with van der Waals surface area (Å²) in [5.41, 5.74) is 0.111. The maximum absolute atomic E-state index is 11.3. The molecule has 1 amide bonds. The molecule has 1 aliphatic rings. The van der Waals surface area contributed by atoms with Crippen LogP contribution in [0.4, 0.5) is 0 Å². The number of hydrogen-bond acceptors (Lipinski definition) is 4. The summed E-state index contributed by atoms with van der Waals surface area (Å²) in [5.74, 6) is -0.0675. The Labute approximate surface area is 133 Å². The third-order valence-electron chi connectivity index (χ3n) is 3.92. The fourth-order valence-corrected chi connectivity index (χ4v) is 2.73. The molecule has 0 aromatic heterocycles. The molecule has 2 aromatic rings. The smallest absolute Gasteiger partial charge is 0.339 e. The van der Waals surface area contributed by atoms with E-state index in [0.29, 0.717) is 18.8 Å². The van der Waals surface area contributed by atoms with Crippen molar-refractivity contribution in [2.45, 2.75) is 18.9 Å². The van der Waals surface area contributed by atoms with Crippen molar-refractivity contribution in [3.05, 3.63) is 35.9 Å². The lowest BCUT2D eigenvalue weighted by molar-refractivity contribution is -0.119. The number of amides is 1. The SMILES string of the molecule is COc1cc2c(OC[C@@H]3CCC(=O)N3)cccc2cc1C(=O)O. The Kier molecular flexibility index (Phi) is 4.06. The molecular weight excluding hydrogens is 298 g/mol. The van der Waals surface area contributed by atoms with Gasteiger partial charge in [0.2, 0.25) is 5.91 Å². The van der Waals surface area contributed by atoms with Crippen LogP contribution in [0.1, 0.15) is 23.2 Å². The molecule has 3 rings (SSSR count). The summed E-state index contributed by atoms with van der Waals surface area (Å²) in [5, 5.41) is 13.6. The molecule has 6 heteroatoms. The number of methoxy groups -OCH3 is 1. The van der Waals surface area contributed by atoms with Gasteiger partial charge in [0.05, 0.1) is 13.2 Å². The van der Waals surface area contributed by atoms with Crippen molar-refractivity contribution in [3.63, 3.8) is 0 Å². The molecule has 0 aliphatic carbocycles. The lowest BCUT2D eigenvalue weighted by Gasteiger charge is -2.15. The Morgan fingerprint density at radius 1 is 1.35 bits per heavy atom. The molecule has 120 valence electrons. The summed E-state index contributed by atoms with van der Waals surface area (Å²) in [6.07, 6.45) is 1.29. The van der Waals surface area contributed by atoms with Crippen molar-refractivity contribution >= 4 is 22.6 Å². The van der Waals surface area contributed by atoms with Gasteiger partial charge in [0, 0.05) is 11.8 Å². The summed E-state index contributed by atoms with van der Waals surface area (Å²) in [4.78, 5) is 22.5. The lowest BCUT2D eigenvalue weighted by Crippen LogP contribution is -2.30. The predicted octanol–water partition coefficient (Wildman–Crippen LogP) is 2.20. The number of rotatable bonds is 5. The van der Waals surface area contributed by atoms with Gasteiger partial charge in [-0.25, -0.2) is 4.79 Å². The first-order chi connectivity index (χ1) is 11.1. The molecule has 0 spiro atoms. The Morgan fingerprint density at radius 3 is 2.83 bits per heavy atom. The van der Waals surface area contributed by atoms with Crippen LogP contribution in [0.5, 0.6) is 11.5 Å². The summed E-state index contributed by atoms with van der Waals surface area (Å²) >= 11 is 0. The van der Waals surface area contributed by atoms with E-state index in [2.05, 4.69) is 5.32 Å². The molecule has 1 atom stereocenters. The van der Waals surface area contributed by atoms with Gasteiger partial charge in [0.25, 0.3) is 0 Å². The zero-order valence-electron chi connectivity index (χ0n) is 12.7. The quantitative estimate of drug-likeness (QED) is 0.883. The van der Waals surface area contributed by atoms with Crippen LogP contribution in [0.2, 0.25) is 0 Å². The number of aromatic carboxylic acids is 1. The Bertz CT molecular complexity index is 771. The summed E-state index contributed by atoms with van der Waals surface area (Å²) in [6.45, 7) is 0.383. The highest BCUT2D eigenvalue weighted by Gasteiger charge is 2.21. The van der Waals surface area contributed by atoms with Gasteiger partial charge in [-0.3, -0.25) is 4.79 Å². The molecule has 1 saturated heterocycles. The van der Waals surface area contributed by atoms with Crippen LogP contribution in [0.25, 0.3) is 10.8 Å². The zero-order chi connectivity index (χ0) is 16.4. The number of carbonyl (C=O) groups is 2. The van der Waals surface area contributed by atoms with E-state index in [1.54, 1.807) is 12.1 Å².